The molecular weight excluding hydrogens is 330 g/mol. The highest BCUT2D eigenvalue weighted by Crippen LogP contribution is 2.31. The van der Waals surface area contributed by atoms with Crippen LogP contribution >= 0.6 is 15.9 Å². The van der Waals surface area contributed by atoms with Crippen LogP contribution in [0.4, 0.5) is 0 Å². The van der Waals surface area contributed by atoms with Crippen molar-refractivity contribution in [3.63, 3.8) is 0 Å². The van der Waals surface area contributed by atoms with Crippen LogP contribution in [-0.2, 0) is 19.5 Å². The number of aromatic nitrogens is 2. The minimum absolute atomic E-state index is 0.524. The van der Waals surface area contributed by atoms with Gasteiger partial charge in [-0.15, -0.1) is 0 Å². The third-order valence-electron chi connectivity index (χ3n) is 4.65. The summed E-state index contributed by atoms with van der Waals surface area (Å²) in [6, 6.07) is 0. The molecule has 120 valence electrons. The number of hydrogen-bond donors (Lipinski definition) is 2. The van der Waals surface area contributed by atoms with Gasteiger partial charge in [0.15, 0.2) is 0 Å². The van der Waals surface area contributed by atoms with Crippen LogP contribution in [-0.4, -0.2) is 27.0 Å². The molecule has 2 N–H and O–H groups in total. The van der Waals surface area contributed by atoms with Gasteiger partial charge in [0.2, 0.25) is 0 Å². The second kappa shape index (κ2) is 7.25. The lowest BCUT2D eigenvalue weighted by molar-refractivity contribution is -0.00642. The Morgan fingerprint density at radius 1 is 1.38 bits per heavy atom. The van der Waals surface area contributed by atoms with E-state index in [9.17, 15) is 5.11 Å². The van der Waals surface area contributed by atoms with Gasteiger partial charge in [0.05, 0.1) is 21.5 Å². The standard InChI is InChI=1S/C16H28BrN3O/c1-4-13-15(17)14(20(5-2)19-13)10-18-11-16(21)8-6-12(3)7-9-16/h12,18,21H,4-11H2,1-3H3. The zero-order chi connectivity index (χ0) is 15.5. The minimum atomic E-state index is -0.524. The molecular formula is C16H28BrN3O. The van der Waals surface area contributed by atoms with Crippen molar-refractivity contribution in [2.24, 2.45) is 5.92 Å². The zero-order valence-corrected chi connectivity index (χ0v) is 15.0. The summed E-state index contributed by atoms with van der Waals surface area (Å²) >= 11 is 3.66. The lowest BCUT2D eigenvalue weighted by atomic mass is 9.79. The van der Waals surface area contributed by atoms with Crippen molar-refractivity contribution in [3.8, 4) is 0 Å². The minimum Gasteiger partial charge on any atom is -0.389 e. The van der Waals surface area contributed by atoms with E-state index in [1.165, 1.54) is 5.69 Å². The highest BCUT2D eigenvalue weighted by molar-refractivity contribution is 9.10. The molecule has 1 saturated carbocycles. The molecule has 0 aliphatic heterocycles. The predicted molar refractivity (Wildman–Crippen MR) is 89.3 cm³/mol. The van der Waals surface area contributed by atoms with Crippen molar-refractivity contribution in [2.75, 3.05) is 6.54 Å². The average molecular weight is 358 g/mol. The van der Waals surface area contributed by atoms with Crippen LogP contribution in [0.25, 0.3) is 0 Å². The fourth-order valence-electron chi connectivity index (χ4n) is 3.08. The highest BCUT2D eigenvalue weighted by atomic mass is 79.9. The number of halogens is 1. The molecule has 1 fully saturated rings. The third kappa shape index (κ3) is 4.08. The average Bonchev–Trinajstić information content (AvgIpc) is 2.79. The molecule has 0 unspecified atom stereocenters. The van der Waals surface area contributed by atoms with Gasteiger partial charge in [0.1, 0.15) is 0 Å². The summed E-state index contributed by atoms with van der Waals surface area (Å²) in [6.07, 6.45) is 5.02. The molecule has 5 heteroatoms. The third-order valence-corrected chi connectivity index (χ3v) is 5.56. The van der Waals surface area contributed by atoms with Gasteiger partial charge in [-0.2, -0.15) is 5.10 Å². The Morgan fingerprint density at radius 3 is 2.62 bits per heavy atom. The van der Waals surface area contributed by atoms with Crippen LogP contribution in [0, 0.1) is 5.92 Å². The number of nitrogens with zero attached hydrogens (tertiary/aromatic N) is 2. The molecule has 0 bridgehead atoms. The topological polar surface area (TPSA) is 50.1 Å². The molecule has 1 aliphatic carbocycles. The molecule has 0 aromatic carbocycles. The molecule has 1 aromatic heterocycles. The summed E-state index contributed by atoms with van der Waals surface area (Å²) in [7, 11) is 0. The molecule has 1 aromatic rings. The normalized spacial score (nSPS) is 26.2. The second-order valence-corrected chi connectivity index (χ2v) is 7.18. The number of aryl methyl sites for hydroxylation is 2. The maximum Gasteiger partial charge on any atom is 0.0771 e. The van der Waals surface area contributed by atoms with E-state index in [1.54, 1.807) is 0 Å². The summed E-state index contributed by atoms with van der Waals surface area (Å²) in [5, 5.41) is 18.7. The zero-order valence-electron chi connectivity index (χ0n) is 13.5. The molecule has 21 heavy (non-hydrogen) atoms. The first-order chi connectivity index (χ1) is 9.99. The Kier molecular flexibility index (Phi) is 5.86. The van der Waals surface area contributed by atoms with Crippen LogP contribution in [0.5, 0.6) is 0 Å². The molecule has 0 amide bonds. The van der Waals surface area contributed by atoms with Crippen molar-refractivity contribution in [1.29, 1.82) is 0 Å². The van der Waals surface area contributed by atoms with E-state index in [-0.39, 0.29) is 0 Å². The lowest BCUT2D eigenvalue weighted by Gasteiger charge is -2.35. The van der Waals surface area contributed by atoms with Crippen molar-refractivity contribution >= 4 is 15.9 Å². The quantitative estimate of drug-likeness (QED) is 0.821. The number of rotatable bonds is 6. The largest absolute Gasteiger partial charge is 0.389 e. The van der Waals surface area contributed by atoms with E-state index in [4.69, 9.17) is 0 Å². The lowest BCUT2D eigenvalue weighted by Crippen LogP contribution is -2.43. The maximum absolute atomic E-state index is 10.6. The molecule has 1 aliphatic rings. The molecule has 0 saturated heterocycles. The maximum atomic E-state index is 10.6. The van der Waals surface area contributed by atoms with Gasteiger partial charge >= 0.3 is 0 Å². The van der Waals surface area contributed by atoms with Gasteiger partial charge in [-0.3, -0.25) is 4.68 Å². The Morgan fingerprint density at radius 2 is 2.05 bits per heavy atom. The Bertz CT molecular complexity index is 464. The van der Waals surface area contributed by atoms with Crippen LogP contribution in [0.15, 0.2) is 4.47 Å². The smallest absolute Gasteiger partial charge is 0.0771 e. The van der Waals surface area contributed by atoms with Crippen molar-refractivity contribution < 1.29 is 5.11 Å². The van der Waals surface area contributed by atoms with Crippen molar-refractivity contribution in [3.05, 3.63) is 15.9 Å². The van der Waals surface area contributed by atoms with E-state index in [1.807, 2.05) is 4.68 Å². The Labute approximate surface area is 136 Å². The summed E-state index contributed by atoms with van der Waals surface area (Å²) < 4.78 is 3.16. The molecule has 4 nitrogen and oxygen atoms in total. The number of nitrogens with one attached hydrogen (secondary N) is 1. The van der Waals surface area contributed by atoms with Crippen molar-refractivity contribution in [1.82, 2.24) is 15.1 Å². The van der Waals surface area contributed by atoms with Crippen molar-refractivity contribution in [2.45, 2.75) is 71.6 Å². The summed E-state index contributed by atoms with van der Waals surface area (Å²) in [6.45, 7) is 8.80. The van der Waals surface area contributed by atoms with Crippen LogP contribution in [0.3, 0.4) is 0 Å². The fourth-order valence-corrected chi connectivity index (χ4v) is 3.78. The van der Waals surface area contributed by atoms with E-state index in [0.29, 0.717) is 6.54 Å². The van der Waals surface area contributed by atoms with Gasteiger partial charge in [-0.1, -0.05) is 13.8 Å². The number of hydrogen-bond acceptors (Lipinski definition) is 3. The van der Waals surface area contributed by atoms with Gasteiger partial charge in [-0.25, -0.2) is 0 Å². The second-order valence-electron chi connectivity index (χ2n) is 6.39. The molecule has 0 radical (unpaired) electrons. The monoisotopic (exact) mass is 357 g/mol. The Hall–Kier alpha value is -0.390. The van der Waals surface area contributed by atoms with E-state index in [0.717, 1.165) is 61.3 Å². The van der Waals surface area contributed by atoms with Gasteiger partial charge in [0.25, 0.3) is 0 Å². The predicted octanol–water partition coefficient (Wildman–Crippen LogP) is 3.26. The summed E-state index contributed by atoms with van der Waals surface area (Å²) in [4.78, 5) is 0. The van der Waals surface area contributed by atoms with Crippen LogP contribution in [0.2, 0.25) is 0 Å². The molecule has 0 spiro atoms. The SMILES string of the molecule is CCc1nn(CC)c(CNCC2(O)CCC(C)CC2)c1Br. The van der Waals surface area contributed by atoms with Gasteiger partial charge in [-0.05, 0) is 60.9 Å². The first-order valence-electron chi connectivity index (χ1n) is 8.16. The van der Waals surface area contributed by atoms with Gasteiger partial charge in [0, 0.05) is 19.6 Å². The van der Waals surface area contributed by atoms with Crippen LogP contribution < -0.4 is 5.32 Å². The summed E-state index contributed by atoms with van der Waals surface area (Å²) in [5.41, 5.74) is 1.77. The van der Waals surface area contributed by atoms with E-state index >= 15 is 0 Å². The highest BCUT2D eigenvalue weighted by Gasteiger charge is 2.31. The van der Waals surface area contributed by atoms with E-state index in [2.05, 4.69) is 47.1 Å². The molecule has 1 heterocycles. The van der Waals surface area contributed by atoms with E-state index < -0.39 is 5.60 Å². The van der Waals surface area contributed by atoms with Gasteiger partial charge < -0.3 is 10.4 Å². The first kappa shape index (κ1) is 17.0. The number of aliphatic hydroxyl groups is 1. The van der Waals surface area contributed by atoms with Crippen LogP contribution in [0.1, 0.15) is 57.8 Å². The first-order valence-corrected chi connectivity index (χ1v) is 8.95. The molecule has 0 atom stereocenters. The molecule has 2 rings (SSSR count). The Balaban J connectivity index is 1.93. The summed E-state index contributed by atoms with van der Waals surface area (Å²) in [5.74, 6) is 0.757. The fraction of sp³-hybridized carbons (Fsp3) is 0.812.